The van der Waals surface area contributed by atoms with Crippen LogP contribution in [0.2, 0.25) is 0 Å². The zero-order valence-electron chi connectivity index (χ0n) is 15.0. The second kappa shape index (κ2) is 7.01. The molecule has 4 aromatic rings. The van der Waals surface area contributed by atoms with Crippen molar-refractivity contribution in [3.8, 4) is 28.5 Å². The first kappa shape index (κ1) is 17.5. The number of hydrogen-bond acceptors (Lipinski definition) is 3. The molecule has 0 spiro atoms. The minimum Gasteiger partial charge on any atom is -0.455 e. The van der Waals surface area contributed by atoms with Crippen LogP contribution in [-0.4, -0.2) is 13.0 Å². The molecule has 0 atom stereocenters. The average Bonchev–Trinajstić information content (AvgIpc) is 3.12. The van der Waals surface area contributed by atoms with E-state index in [4.69, 9.17) is 9.68 Å². The van der Waals surface area contributed by atoms with Crippen molar-refractivity contribution in [2.45, 2.75) is 0 Å². The number of amides is 1. The Balaban J connectivity index is 1.94. The number of fused-ring (bicyclic) bond motifs is 1. The van der Waals surface area contributed by atoms with Crippen LogP contribution in [0.3, 0.4) is 0 Å². The number of carbonyl (C=O) groups is 1. The molecule has 0 fully saturated rings. The third kappa shape index (κ3) is 3.01. The smallest absolute Gasteiger partial charge is 0.255 e. The van der Waals surface area contributed by atoms with E-state index in [1.165, 1.54) is 12.1 Å². The van der Waals surface area contributed by atoms with Gasteiger partial charge in [-0.1, -0.05) is 18.2 Å². The average molecular weight is 370 g/mol. The Morgan fingerprint density at radius 3 is 2.43 bits per heavy atom. The summed E-state index contributed by atoms with van der Waals surface area (Å²) in [7, 11) is 1.55. The van der Waals surface area contributed by atoms with Gasteiger partial charge in [-0.2, -0.15) is 5.26 Å². The molecule has 0 aliphatic heterocycles. The molecule has 136 valence electrons. The van der Waals surface area contributed by atoms with Crippen molar-refractivity contribution in [2.24, 2.45) is 0 Å². The van der Waals surface area contributed by atoms with Crippen LogP contribution in [0.25, 0.3) is 33.4 Å². The van der Waals surface area contributed by atoms with Gasteiger partial charge in [-0.15, -0.1) is 0 Å². The third-order valence-corrected chi connectivity index (χ3v) is 4.57. The number of halogens is 1. The molecule has 0 saturated heterocycles. The minimum atomic E-state index is -0.360. The van der Waals surface area contributed by atoms with E-state index in [2.05, 4.69) is 11.4 Å². The summed E-state index contributed by atoms with van der Waals surface area (Å²) < 4.78 is 19.3. The Bertz CT molecular complexity index is 1230. The van der Waals surface area contributed by atoms with Crippen molar-refractivity contribution in [1.82, 2.24) is 5.32 Å². The lowest BCUT2D eigenvalue weighted by molar-refractivity contribution is 0.0964. The molecular formula is C23H15FN2O2. The van der Waals surface area contributed by atoms with Gasteiger partial charge < -0.3 is 9.73 Å². The maximum atomic E-state index is 13.3. The van der Waals surface area contributed by atoms with Gasteiger partial charge in [0.05, 0.1) is 17.2 Å². The molecule has 1 N–H and O–H groups in total. The van der Waals surface area contributed by atoms with E-state index in [1.54, 1.807) is 37.4 Å². The molecule has 0 bridgehead atoms. The number of carbonyl (C=O) groups excluding carboxylic acids is 1. The van der Waals surface area contributed by atoms with E-state index in [0.29, 0.717) is 33.4 Å². The second-order valence-corrected chi connectivity index (χ2v) is 6.30. The van der Waals surface area contributed by atoms with Crippen LogP contribution < -0.4 is 5.32 Å². The second-order valence-electron chi connectivity index (χ2n) is 6.30. The van der Waals surface area contributed by atoms with Gasteiger partial charge in [-0.25, -0.2) is 4.39 Å². The van der Waals surface area contributed by atoms with Crippen molar-refractivity contribution >= 4 is 16.9 Å². The van der Waals surface area contributed by atoms with Crippen molar-refractivity contribution < 1.29 is 13.6 Å². The lowest BCUT2D eigenvalue weighted by atomic mass is 9.99. The largest absolute Gasteiger partial charge is 0.455 e. The topological polar surface area (TPSA) is 66.0 Å². The molecule has 5 heteroatoms. The molecule has 4 rings (SSSR count). The Labute approximate surface area is 160 Å². The predicted molar refractivity (Wildman–Crippen MR) is 105 cm³/mol. The van der Waals surface area contributed by atoms with E-state index < -0.39 is 0 Å². The molecule has 1 heterocycles. The molecule has 0 saturated carbocycles. The van der Waals surface area contributed by atoms with E-state index in [1.807, 2.05) is 24.3 Å². The standard InChI is InChI=1S/C23H15FN2O2/c1-26-23(27)21-19-12-17(16-4-2-3-14(11-16)13-25)7-10-20(19)28-22(21)15-5-8-18(24)9-6-15/h2-12H,1H3,(H,26,27). The molecule has 4 nitrogen and oxygen atoms in total. The lowest BCUT2D eigenvalue weighted by Crippen LogP contribution is -2.18. The molecule has 0 unspecified atom stereocenters. The number of rotatable bonds is 3. The third-order valence-electron chi connectivity index (χ3n) is 4.57. The zero-order chi connectivity index (χ0) is 19.7. The van der Waals surface area contributed by atoms with E-state index in [9.17, 15) is 9.18 Å². The van der Waals surface area contributed by atoms with E-state index in [0.717, 1.165) is 11.1 Å². The van der Waals surface area contributed by atoms with Crippen LogP contribution in [0.4, 0.5) is 4.39 Å². The highest BCUT2D eigenvalue weighted by molar-refractivity contribution is 6.11. The van der Waals surface area contributed by atoms with E-state index in [-0.39, 0.29) is 11.7 Å². The molecule has 0 aliphatic rings. The zero-order valence-corrected chi connectivity index (χ0v) is 15.0. The van der Waals surface area contributed by atoms with Gasteiger partial charge in [0.15, 0.2) is 0 Å². The quantitative estimate of drug-likeness (QED) is 0.543. The summed E-state index contributed by atoms with van der Waals surface area (Å²) in [4.78, 5) is 12.6. The minimum absolute atomic E-state index is 0.291. The molecule has 28 heavy (non-hydrogen) atoms. The molecule has 1 aromatic heterocycles. The maximum Gasteiger partial charge on any atom is 0.255 e. The predicted octanol–water partition coefficient (Wildman–Crippen LogP) is 5.14. The van der Waals surface area contributed by atoms with Crippen LogP contribution in [-0.2, 0) is 0 Å². The Kier molecular flexibility index (Phi) is 4.38. The summed E-state index contributed by atoms with van der Waals surface area (Å²) in [6.45, 7) is 0. The summed E-state index contributed by atoms with van der Waals surface area (Å²) in [5.41, 5.74) is 3.85. The van der Waals surface area contributed by atoms with Crippen LogP contribution >= 0.6 is 0 Å². The molecular weight excluding hydrogens is 355 g/mol. The highest BCUT2D eigenvalue weighted by Gasteiger charge is 2.22. The van der Waals surface area contributed by atoms with Crippen LogP contribution in [0.15, 0.2) is 71.1 Å². The van der Waals surface area contributed by atoms with Gasteiger partial charge in [0.1, 0.15) is 17.2 Å². The number of hydrogen-bond donors (Lipinski definition) is 1. The van der Waals surface area contributed by atoms with Gasteiger partial charge >= 0.3 is 0 Å². The van der Waals surface area contributed by atoms with Crippen LogP contribution in [0, 0.1) is 17.1 Å². The molecule has 0 aliphatic carbocycles. The van der Waals surface area contributed by atoms with Gasteiger partial charge in [0.25, 0.3) is 5.91 Å². The fourth-order valence-electron chi connectivity index (χ4n) is 3.20. The SMILES string of the molecule is CNC(=O)c1c(-c2ccc(F)cc2)oc2ccc(-c3cccc(C#N)c3)cc12. The summed E-state index contributed by atoms with van der Waals surface area (Å²) >= 11 is 0. The molecule has 0 radical (unpaired) electrons. The van der Waals surface area contributed by atoms with Crippen LogP contribution in [0.1, 0.15) is 15.9 Å². The number of furan rings is 1. The fraction of sp³-hybridized carbons (Fsp3) is 0.0435. The van der Waals surface area contributed by atoms with Gasteiger partial charge in [-0.05, 0) is 59.7 Å². The van der Waals surface area contributed by atoms with Gasteiger partial charge in [-0.3, -0.25) is 4.79 Å². The van der Waals surface area contributed by atoms with Crippen molar-refractivity contribution in [3.05, 3.63) is 83.7 Å². The van der Waals surface area contributed by atoms with Crippen molar-refractivity contribution in [3.63, 3.8) is 0 Å². The lowest BCUT2D eigenvalue weighted by Gasteiger charge is -2.04. The maximum absolute atomic E-state index is 13.3. The molecule has 3 aromatic carbocycles. The fourth-order valence-corrected chi connectivity index (χ4v) is 3.20. The monoisotopic (exact) mass is 370 g/mol. The first-order chi connectivity index (χ1) is 13.6. The van der Waals surface area contributed by atoms with Crippen molar-refractivity contribution in [2.75, 3.05) is 7.05 Å². The summed E-state index contributed by atoms with van der Waals surface area (Å²) in [5.74, 6) is -0.265. The summed E-state index contributed by atoms with van der Waals surface area (Å²) in [6.07, 6.45) is 0. The highest BCUT2D eigenvalue weighted by Crippen LogP contribution is 2.36. The number of nitriles is 1. The Hall–Kier alpha value is -3.91. The first-order valence-corrected chi connectivity index (χ1v) is 8.66. The first-order valence-electron chi connectivity index (χ1n) is 8.66. The van der Waals surface area contributed by atoms with Crippen LogP contribution in [0.5, 0.6) is 0 Å². The number of benzene rings is 3. The van der Waals surface area contributed by atoms with Crippen molar-refractivity contribution in [1.29, 1.82) is 5.26 Å². The van der Waals surface area contributed by atoms with E-state index >= 15 is 0 Å². The summed E-state index contributed by atoms with van der Waals surface area (Å²) in [5, 5.41) is 12.4. The Morgan fingerprint density at radius 1 is 1.00 bits per heavy atom. The van der Waals surface area contributed by atoms with Gasteiger partial charge in [0.2, 0.25) is 0 Å². The normalized spacial score (nSPS) is 10.6. The van der Waals surface area contributed by atoms with Gasteiger partial charge in [0, 0.05) is 18.0 Å². The number of nitrogens with one attached hydrogen (secondary N) is 1. The highest BCUT2D eigenvalue weighted by atomic mass is 19.1. The Morgan fingerprint density at radius 2 is 1.71 bits per heavy atom. The molecule has 1 amide bonds. The summed E-state index contributed by atoms with van der Waals surface area (Å²) in [6, 6.07) is 20.7. The number of nitrogens with zero attached hydrogens (tertiary/aromatic N) is 1.